The highest BCUT2D eigenvalue weighted by atomic mass is 16.3. The van der Waals surface area contributed by atoms with Gasteiger partial charge in [0.05, 0.1) is 6.54 Å². The summed E-state index contributed by atoms with van der Waals surface area (Å²) < 4.78 is 0. The first kappa shape index (κ1) is 29.1. The van der Waals surface area contributed by atoms with Crippen LogP contribution in [0.4, 0.5) is 0 Å². The zero-order valence-electron chi connectivity index (χ0n) is 21.6. The second-order valence-electron chi connectivity index (χ2n) is 9.40. The zero-order valence-corrected chi connectivity index (χ0v) is 21.6. The highest BCUT2D eigenvalue weighted by molar-refractivity contribution is 5.96. The number of hydrogen-bond acceptors (Lipinski definition) is 5. The Kier molecular flexibility index (Phi) is 10.8. The third-order valence-electron chi connectivity index (χ3n) is 6.22. The van der Waals surface area contributed by atoms with Crippen LogP contribution in [0.25, 0.3) is 0 Å². The molecule has 0 unspecified atom stereocenters. The van der Waals surface area contributed by atoms with Crippen LogP contribution < -0.4 is 21.7 Å². The molecule has 3 rings (SSSR count). The molecule has 2 atom stereocenters. The van der Waals surface area contributed by atoms with Crippen LogP contribution in [0.5, 0.6) is 0 Å². The Morgan fingerprint density at radius 3 is 1.90 bits per heavy atom. The average Bonchev–Trinajstić information content (AvgIpc) is 2.94. The van der Waals surface area contributed by atoms with Crippen LogP contribution >= 0.6 is 0 Å². The molecule has 0 radical (unpaired) electrons. The van der Waals surface area contributed by atoms with E-state index in [9.17, 15) is 24.3 Å². The summed E-state index contributed by atoms with van der Waals surface area (Å²) in [5, 5.41) is 19.6. The van der Waals surface area contributed by atoms with Crippen LogP contribution in [0.1, 0.15) is 35.4 Å². The van der Waals surface area contributed by atoms with Crippen molar-refractivity contribution in [2.75, 3.05) is 13.1 Å². The van der Waals surface area contributed by atoms with Crippen LogP contribution in [-0.4, -0.2) is 47.4 Å². The van der Waals surface area contributed by atoms with Crippen LogP contribution in [0.3, 0.4) is 0 Å². The summed E-state index contributed by atoms with van der Waals surface area (Å²) in [6.07, 6.45) is -0.466. The fourth-order valence-corrected chi connectivity index (χ4v) is 4.13. The van der Waals surface area contributed by atoms with Crippen molar-refractivity contribution in [2.45, 2.75) is 37.3 Å². The van der Waals surface area contributed by atoms with E-state index in [2.05, 4.69) is 16.0 Å². The maximum atomic E-state index is 13.2. The van der Waals surface area contributed by atoms with Gasteiger partial charge in [-0.1, -0.05) is 91.0 Å². The molecule has 0 aliphatic rings. The van der Waals surface area contributed by atoms with Gasteiger partial charge >= 0.3 is 0 Å². The fourth-order valence-electron chi connectivity index (χ4n) is 4.13. The Morgan fingerprint density at radius 2 is 1.31 bits per heavy atom. The van der Waals surface area contributed by atoms with Gasteiger partial charge in [0.15, 0.2) is 5.60 Å². The van der Waals surface area contributed by atoms with Crippen molar-refractivity contribution in [1.82, 2.24) is 16.0 Å². The smallest absolute Gasteiger partial charge is 0.254 e. The first-order chi connectivity index (χ1) is 18.7. The van der Waals surface area contributed by atoms with Crippen molar-refractivity contribution in [1.29, 1.82) is 0 Å². The molecule has 0 fully saturated rings. The van der Waals surface area contributed by atoms with Gasteiger partial charge in [-0.15, -0.1) is 0 Å². The number of primary amides is 1. The Morgan fingerprint density at radius 1 is 0.744 bits per heavy atom. The van der Waals surface area contributed by atoms with Crippen molar-refractivity contribution in [2.24, 2.45) is 5.73 Å². The van der Waals surface area contributed by atoms with Gasteiger partial charge in [-0.25, -0.2) is 0 Å². The van der Waals surface area contributed by atoms with E-state index in [1.54, 1.807) is 12.1 Å². The Hall–Kier alpha value is -4.50. The zero-order chi connectivity index (χ0) is 28.1. The number of nitrogens with one attached hydrogen (secondary N) is 3. The van der Waals surface area contributed by atoms with Gasteiger partial charge in [-0.05, 0) is 16.7 Å². The molecule has 0 saturated carbocycles. The molecule has 6 N–H and O–H groups in total. The SMILES string of the molecule is NC(=O)CC(=O)NC[C@@H](CC(=O)NC[C@](O)(Cc1ccccc1)C(=O)NCc1ccccc1)c1ccccc1. The number of amides is 4. The normalized spacial score (nSPS) is 12.9. The lowest BCUT2D eigenvalue weighted by molar-refractivity contribution is -0.140. The summed E-state index contributed by atoms with van der Waals surface area (Å²) in [4.78, 5) is 49.2. The number of carbonyl (C=O) groups excluding carboxylic acids is 4. The van der Waals surface area contributed by atoms with Gasteiger partial charge in [0.1, 0.15) is 6.42 Å². The second-order valence-corrected chi connectivity index (χ2v) is 9.40. The first-order valence-corrected chi connectivity index (χ1v) is 12.7. The Bertz CT molecular complexity index is 1240. The monoisotopic (exact) mass is 530 g/mol. The number of carbonyl (C=O) groups is 4. The Labute approximate surface area is 227 Å². The highest BCUT2D eigenvalue weighted by Crippen LogP contribution is 2.20. The molecule has 0 heterocycles. The topological polar surface area (TPSA) is 151 Å². The minimum Gasteiger partial charge on any atom is -0.378 e. The largest absolute Gasteiger partial charge is 0.378 e. The lowest BCUT2D eigenvalue weighted by atomic mass is 9.92. The predicted octanol–water partition coefficient (Wildman–Crippen LogP) is 1.56. The summed E-state index contributed by atoms with van der Waals surface area (Å²) >= 11 is 0. The molecular weight excluding hydrogens is 496 g/mol. The van der Waals surface area contributed by atoms with Crippen molar-refractivity contribution >= 4 is 23.6 Å². The summed E-state index contributed by atoms with van der Waals surface area (Å²) in [6, 6.07) is 27.5. The minimum atomic E-state index is -1.90. The molecule has 0 aliphatic carbocycles. The Balaban J connectivity index is 1.68. The third-order valence-corrected chi connectivity index (χ3v) is 6.22. The van der Waals surface area contributed by atoms with Crippen LogP contribution in [0.2, 0.25) is 0 Å². The van der Waals surface area contributed by atoms with Gasteiger partial charge in [0.2, 0.25) is 17.7 Å². The average molecular weight is 531 g/mol. The van der Waals surface area contributed by atoms with E-state index < -0.39 is 41.6 Å². The van der Waals surface area contributed by atoms with Crippen molar-refractivity contribution in [3.05, 3.63) is 108 Å². The van der Waals surface area contributed by atoms with Crippen molar-refractivity contribution in [3.8, 4) is 0 Å². The molecule has 0 saturated heterocycles. The maximum absolute atomic E-state index is 13.2. The summed E-state index contributed by atoms with van der Waals surface area (Å²) in [7, 11) is 0. The van der Waals surface area contributed by atoms with Crippen molar-refractivity contribution < 1.29 is 24.3 Å². The summed E-state index contributed by atoms with van der Waals surface area (Å²) in [6.45, 7) is 0.0259. The standard InChI is InChI=1S/C30H34N4O5/c31-26(35)17-28(37)32-20-25(24-14-8-3-9-15-24)16-27(36)34-21-30(39,18-22-10-4-1-5-11-22)29(38)33-19-23-12-6-2-7-13-23/h1-15,25,39H,16-21H2,(H2,31,35)(H,32,37)(H,33,38)(H,34,36)/t25-,30-/m1/s1. The van der Waals surface area contributed by atoms with Gasteiger partial charge in [-0.2, -0.15) is 0 Å². The summed E-state index contributed by atoms with van der Waals surface area (Å²) in [5.74, 6) is -2.69. The molecule has 9 heteroatoms. The van der Waals surface area contributed by atoms with Crippen LogP contribution in [0.15, 0.2) is 91.0 Å². The molecule has 9 nitrogen and oxygen atoms in total. The fraction of sp³-hybridized carbons (Fsp3) is 0.267. The lowest BCUT2D eigenvalue weighted by Crippen LogP contribution is -2.55. The van der Waals surface area contributed by atoms with Crippen LogP contribution in [-0.2, 0) is 32.1 Å². The van der Waals surface area contributed by atoms with E-state index in [1.165, 1.54) is 0 Å². The number of hydrogen-bond donors (Lipinski definition) is 5. The van der Waals surface area contributed by atoms with E-state index in [0.717, 1.165) is 16.7 Å². The molecule has 0 bridgehead atoms. The molecule has 204 valence electrons. The number of aliphatic hydroxyl groups is 1. The molecule has 39 heavy (non-hydrogen) atoms. The van der Waals surface area contributed by atoms with Gasteiger partial charge in [0.25, 0.3) is 5.91 Å². The molecule has 0 spiro atoms. The second kappa shape index (κ2) is 14.4. The highest BCUT2D eigenvalue weighted by Gasteiger charge is 2.36. The quantitative estimate of drug-likeness (QED) is 0.200. The first-order valence-electron chi connectivity index (χ1n) is 12.7. The predicted molar refractivity (Wildman–Crippen MR) is 147 cm³/mol. The molecular formula is C30H34N4O5. The van der Waals surface area contributed by atoms with E-state index >= 15 is 0 Å². The molecule has 0 aliphatic heterocycles. The minimum absolute atomic E-state index is 0.0000313. The van der Waals surface area contributed by atoms with Gasteiger partial charge in [-0.3, -0.25) is 19.2 Å². The van der Waals surface area contributed by atoms with E-state index in [-0.39, 0.29) is 32.5 Å². The number of benzene rings is 3. The number of nitrogens with two attached hydrogens (primary N) is 1. The van der Waals surface area contributed by atoms with Gasteiger partial charge < -0.3 is 26.8 Å². The number of rotatable bonds is 14. The molecule has 3 aromatic rings. The maximum Gasteiger partial charge on any atom is 0.254 e. The molecule has 3 aromatic carbocycles. The summed E-state index contributed by atoms with van der Waals surface area (Å²) in [5.41, 5.74) is 5.61. The molecule has 4 amide bonds. The third kappa shape index (κ3) is 9.71. The van der Waals surface area contributed by atoms with Gasteiger partial charge in [0, 0.05) is 31.8 Å². The van der Waals surface area contributed by atoms with E-state index in [1.807, 2.05) is 78.9 Å². The lowest BCUT2D eigenvalue weighted by Gasteiger charge is -2.28. The van der Waals surface area contributed by atoms with E-state index in [0.29, 0.717) is 0 Å². The van der Waals surface area contributed by atoms with Crippen molar-refractivity contribution in [3.63, 3.8) is 0 Å². The molecule has 0 aromatic heterocycles. The van der Waals surface area contributed by atoms with Crippen LogP contribution in [0, 0.1) is 0 Å². The van der Waals surface area contributed by atoms with E-state index in [4.69, 9.17) is 5.73 Å².